The van der Waals surface area contributed by atoms with E-state index in [9.17, 15) is 4.39 Å². The van der Waals surface area contributed by atoms with Gasteiger partial charge >= 0.3 is 0 Å². The molecule has 0 saturated heterocycles. The summed E-state index contributed by atoms with van der Waals surface area (Å²) in [7, 11) is 1.87. The third-order valence-electron chi connectivity index (χ3n) is 2.48. The van der Waals surface area contributed by atoms with Crippen LogP contribution in [0.4, 0.5) is 4.39 Å². The average molecular weight is 345 g/mol. The molecule has 1 N–H and O–H groups in total. The van der Waals surface area contributed by atoms with Gasteiger partial charge in [0.15, 0.2) is 0 Å². The number of halogens is 3. The minimum Gasteiger partial charge on any atom is -0.456 e. The minimum atomic E-state index is -0.508. The summed E-state index contributed by atoms with van der Waals surface area (Å²) in [4.78, 5) is 0. The highest BCUT2D eigenvalue weighted by molar-refractivity contribution is 9.10. The highest BCUT2D eigenvalue weighted by Crippen LogP contribution is 2.33. The van der Waals surface area contributed by atoms with Crippen LogP contribution in [0.25, 0.3) is 0 Å². The maximum Gasteiger partial charge on any atom is 0.145 e. The van der Waals surface area contributed by atoms with Crippen LogP contribution in [-0.4, -0.2) is 7.05 Å². The van der Waals surface area contributed by atoms with Crippen molar-refractivity contribution in [2.45, 2.75) is 6.54 Å². The molecule has 19 heavy (non-hydrogen) atoms. The summed E-state index contributed by atoms with van der Waals surface area (Å²) in [6.45, 7) is 0.743. The van der Waals surface area contributed by atoms with Crippen LogP contribution in [0.1, 0.15) is 5.56 Å². The highest BCUT2D eigenvalue weighted by Gasteiger charge is 2.09. The van der Waals surface area contributed by atoms with Gasteiger partial charge in [0.25, 0.3) is 0 Å². The highest BCUT2D eigenvalue weighted by atomic mass is 79.9. The van der Waals surface area contributed by atoms with Gasteiger partial charge in [-0.15, -0.1) is 0 Å². The Morgan fingerprint density at radius 1 is 1.32 bits per heavy atom. The van der Waals surface area contributed by atoms with Crippen LogP contribution in [0.5, 0.6) is 11.5 Å². The lowest BCUT2D eigenvalue weighted by atomic mass is 10.2. The number of nitrogens with one attached hydrogen (secondary N) is 1. The van der Waals surface area contributed by atoms with E-state index in [1.165, 1.54) is 12.1 Å². The molecule has 100 valence electrons. The summed E-state index contributed by atoms with van der Waals surface area (Å²) in [6, 6.07) is 10.3. The van der Waals surface area contributed by atoms with Crippen molar-refractivity contribution >= 4 is 27.5 Å². The Balaban J connectivity index is 2.25. The van der Waals surface area contributed by atoms with Crippen molar-refractivity contribution in [2.75, 3.05) is 7.05 Å². The smallest absolute Gasteiger partial charge is 0.145 e. The van der Waals surface area contributed by atoms with E-state index < -0.39 is 5.82 Å². The first-order valence-corrected chi connectivity index (χ1v) is 6.83. The fraction of sp³-hybridized carbons (Fsp3) is 0.143. The van der Waals surface area contributed by atoms with Crippen molar-refractivity contribution in [3.05, 3.63) is 57.3 Å². The standard InChI is InChI=1S/C14H12BrClFNO/c1-18-8-9-3-2-4-10(5-9)19-14-7-13(17)12(16)6-11(14)15/h2-7,18H,8H2,1H3. The van der Waals surface area contributed by atoms with Crippen LogP contribution in [0.2, 0.25) is 5.02 Å². The first-order chi connectivity index (χ1) is 9.10. The molecule has 0 saturated carbocycles. The first-order valence-electron chi connectivity index (χ1n) is 5.66. The van der Waals surface area contributed by atoms with Gasteiger partial charge in [-0.05, 0) is 46.7 Å². The number of hydrogen-bond donors (Lipinski definition) is 1. The van der Waals surface area contributed by atoms with Crippen molar-refractivity contribution in [3.63, 3.8) is 0 Å². The largest absolute Gasteiger partial charge is 0.456 e. The Morgan fingerprint density at radius 3 is 2.84 bits per heavy atom. The van der Waals surface area contributed by atoms with Crippen LogP contribution in [0.3, 0.4) is 0 Å². The van der Waals surface area contributed by atoms with Gasteiger partial charge in [0.2, 0.25) is 0 Å². The monoisotopic (exact) mass is 343 g/mol. The normalized spacial score (nSPS) is 10.5. The zero-order valence-corrected chi connectivity index (χ0v) is 12.6. The molecule has 0 aliphatic rings. The van der Waals surface area contributed by atoms with Gasteiger partial charge in [-0.2, -0.15) is 0 Å². The zero-order chi connectivity index (χ0) is 13.8. The van der Waals surface area contributed by atoms with Gasteiger partial charge in [0, 0.05) is 12.6 Å². The molecular weight excluding hydrogens is 333 g/mol. The van der Waals surface area contributed by atoms with E-state index in [4.69, 9.17) is 16.3 Å². The lowest BCUT2D eigenvalue weighted by Crippen LogP contribution is -2.04. The van der Waals surface area contributed by atoms with E-state index in [1.54, 1.807) is 0 Å². The van der Waals surface area contributed by atoms with Crippen LogP contribution in [0.15, 0.2) is 40.9 Å². The Bertz CT molecular complexity index is 592. The molecule has 0 heterocycles. The molecule has 2 nitrogen and oxygen atoms in total. The summed E-state index contributed by atoms with van der Waals surface area (Å²) in [5.41, 5.74) is 1.09. The van der Waals surface area contributed by atoms with Crippen LogP contribution < -0.4 is 10.1 Å². The van der Waals surface area contributed by atoms with E-state index >= 15 is 0 Å². The molecule has 0 bridgehead atoms. The molecule has 0 atom stereocenters. The van der Waals surface area contributed by atoms with E-state index in [0.29, 0.717) is 16.0 Å². The first kappa shape index (κ1) is 14.3. The SMILES string of the molecule is CNCc1cccc(Oc2cc(F)c(Cl)cc2Br)c1. The number of hydrogen-bond acceptors (Lipinski definition) is 2. The minimum absolute atomic E-state index is 0.0585. The summed E-state index contributed by atoms with van der Waals surface area (Å²) in [5, 5.41) is 3.12. The molecule has 0 aliphatic carbocycles. The van der Waals surface area contributed by atoms with Crippen molar-refractivity contribution in [2.24, 2.45) is 0 Å². The van der Waals surface area contributed by atoms with Crippen LogP contribution >= 0.6 is 27.5 Å². The van der Waals surface area contributed by atoms with Crippen LogP contribution in [0, 0.1) is 5.82 Å². The lowest BCUT2D eigenvalue weighted by molar-refractivity contribution is 0.473. The van der Waals surface area contributed by atoms with Crippen LogP contribution in [-0.2, 0) is 6.54 Å². The third kappa shape index (κ3) is 3.69. The topological polar surface area (TPSA) is 21.3 Å². The quantitative estimate of drug-likeness (QED) is 0.808. The molecule has 0 fully saturated rings. The van der Waals surface area contributed by atoms with Crippen molar-refractivity contribution in [1.82, 2.24) is 5.32 Å². The summed E-state index contributed by atoms with van der Waals surface area (Å²) >= 11 is 8.99. The second kappa shape index (κ2) is 6.37. The van der Waals surface area contributed by atoms with E-state index in [-0.39, 0.29) is 5.02 Å². The number of benzene rings is 2. The van der Waals surface area contributed by atoms with Gasteiger partial charge < -0.3 is 10.1 Å². The fourth-order valence-corrected chi connectivity index (χ4v) is 2.35. The lowest BCUT2D eigenvalue weighted by Gasteiger charge is -2.10. The second-order valence-electron chi connectivity index (χ2n) is 3.98. The van der Waals surface area contributed by atoms with Crippen molar-refractivity contribution < 1.29 is 9.13 Å². The summed E-state index contributed by atoms with van der Waals surface area (Å²) in [5.74, 6) is 0.532. The zero-order valence-electron chi connectivity index (χ0n) is 10.2. The molecular formula is C14H12BrClFNO. The predicted molar refractivity (Wildman–Crippen MR) is 78.4 cm³/mol. The van der Waals surface area contributed by atoms with Gasteiger partial charge in [-0.25, -0.2) is 4.39 Å². The molecule has 2 rings (SSSR count). The van der Waals surface area contributed by atoms with Gasteiger partial charge in [-0.3, -0.25) is 0 Å². The Morgan fingerprint density at radius 2 is 2.11 bits per heavy atom. The maximum atomic E-state index is 13.4. The molecule has 2 aromatic carbocycles. The van der Waals surface area contributed by atoms with Gasteiger partial charge in [0.05, 0.1) is 9.50 Å². The Kier molecular flexibility index (Phi) is 4.80. The van der Waals surface area contributed by atoms with Crippen molar-refractivity contribution in [3.8, 4) is 11.5 Å². The molecule has 0 aromatic heterocycles. The fourth-order valence-electron chi connectivity index (χ4n) is 1.63. The average Bonchev–Trinajstić information content (AvgIpc) is 2.37. The summed E-state index contributed by atoms with van der Waals surface area (Å²) < 4.78 is 19.7. The maximum absolute atomic E-state index is 13.4. The molecule has 2 aromatic rings. The number of ether oxygens (including phenoxy) is 1. The molecule has 0 unspecified atom stereocenters. The molecule has 0 spiro atoms. The molecule has 0 amide bonds. The van der Waals surface area contributed by atoms with Crippen molar-refractivity contribution in [1.29, 1.82) is 0 Å². The molecule has 0 radical (unpaired) electrons. The van der Waals surface area contributed by atoms with Gasteiger partial charge in [0.1, 0.15) is 17.3 Å². The Hall–Kier alpha value is -1.10. The predicted octanol–water partition coefficient (Wildman–Crippen LogP) is 4.75. The third-order valence-corrected chi connectivity index (χ3v) is 3.39. The number of rotatable bonds is 4. The summed E-state index contributed by atoms with van der Waals surface area (Å²) in [6.07, 6.45) is 0. The molecule has 5 heteroatoms. The second-order valence-corrected chi connectivity index (χ2v) is 5.24. The Labute approximate surface area is 124 Å². The van der Waals surface area contributed by atoms with E-state index in [0.717, 1.165) is 12.1 Å². The van der Waals surface area contributed by atoms with Gasteiger partial charge in [-0.1, -0.05) is 23.7 Å². The van der Waals surface area contributed by atoms with E-state index in [1.807, 2.05) is 31.3 Å². The van der Waals surface area contributed by atoms with E-state index in [2.05, 4.69) is 21.2 Å². The molecule has 0 aliphatic heterocycles.